The Morgan fingerprint density at radius 3 is 2.73 bits per heavy atom. The van der Waals surface area contributed by atoms with E-state index in [1.54, 1.807) is 0 Å². The van der Waals surface area contributed by atoms with Crippen LogP contribution in [0.5, 0.6) is 0 Å². The lowest BCUT2D eigenvalue weighted by Crippen LogP contribution is -2.11. The SMILES string of the molecule is CCCCCC(O)Cc1ccc(C)cn1. The lowest BCUT2D eigenvalue weighted by molar-refractivity contribution is 0.160. The van der Waals surface area contributed by atoms with Gasteiger partial charge in [0.1, 0.15) is 0 Å². The normalized spacial score (nSPS) is 12.7. The lowest BCUT2D eigenvalue weighted by atomic mass is 10.1. The molecule has 1 heterocycles. The maximum Gasteiger partial charge on any atom is 0.0595 e. The largest absolute Gasteiger partial charge is 0.393 e. The zero-order valence-corrected chi connectivity index (χ0v) is 9.74. The molecule has 0 saturated carbocycles. The molecule has 2 heteroatoms. The van der Waals surface area contributed by atoms with E-state index in [-0.39, 0.29) is 6.10 Å². The first-order valence-corrected chi connectivity index (χ1v) is 5.82. The summed E-state index contributed by atoms with van der Waals surface area (Å²) < 4.78 is 0. The summed E-state index contributed by atoms with van der Waals surface area (Å²) in [5, 5.41) is 9.76. The van der Waals surface area contributed by atoms with Crippen LogP contribution in [0.25, 0.3) is 0 Å². The molecule has 0 spiro atoms. The van der Waals surface area contributed by atoms with Gasteiger partial charge in [0.2, 0.25) is 0 Å². The maximum absolute atomic E-state index is 9.76. The van der Waals surface area contributed by atoms with E-state index in [1.165, 1.54) is 18.4 Å². The van der Waals surface area contributed by atoms with Crippen molar-refractivity contribution in [1.29, 1.82) is 0 Å². The highest BCUT2D eigenvalue weighted by Crippen LogP contribution is 2.08. The Morgan fingerprint density at radius 2 is 2.13 bits per heavy atom. The topological polar surface area (TPSA) is 33.1 Å². The summed E-state index contributed by atoms with van der Waals surface area (Å²) in [6.45, 7) is 4.20. The summed E-state index contributed by atoms with van der Waals surface area (Å²) in [6.07, 6.45) is 6.73. The molecule has 0 amide bonds. The minimum atomic E-state index is -0.230. The van der Waals surface area contributed by atoms with Gasteiger partial charge < -0.3 is 5.11 Å². The van der Waals surface area contributed by atoms with E-state index in [9.17, 15) is 5.11 Å². The molecule has 0 aromatic carbocycles. The molecular weight excluding hydrogens is 186 g/mol. The summed E-state index contributed by atoms with van der Waals surface area (Å²) >= 11 is 0. The van der Waals surface area contributed by atoms with Crippen molar-refractivity contribution in [2.45, 2.75) is 52.1 Å². The van der Waals surface area contributed by atoms with Gasteiger partial charge in [0.15, 0.2) is 0 Å². The number of aromatic nitrogens is 1. The summed E-state index contributed by atoms with van der Waals surface area (Å²) in [6, 6.07) is 4.04. The van der Waals surface area contributed by atoms with E-state index in [4.69, 9.17) is 0 Å². The molecule has 2 nitrogen and oxygen atoms in total. The second-order valence-electron chi connectivity index (χ2n) is 4.18. The van der Waals surface area contributed by atoms with Gasteiger partial charge in [-0.3, -0.25) is 4.98 Å². The molecule has 15 heavy (non-hydrogen) atoms. The van der Waals surface area contributed by atoms with Crippen LogP contribution in [-0.2, 0) is 6.42 Å². The molecule has 0 aliphatic carbocycles. The van der Waals surface area contributed by atoms with E-state index in [1.807, 2.05) is 25.3 Å². The van der Waals surface area contributed by atoms with Crippen molar-refractivity contribution in [2.24, 2.45) is 0 Å². The third kappa shape index (κ3) is 4.93. The van der Waals surface area contributed by atoms with Crippen LogP contribution < -0.4 is 0 Å². The average molecular weight is 207 g/mol. The van der Waals surface area contributed by atoms with Crippen molar-refractivity contribution in [3.05, 3.63) is 29.6 Å². The van der Waals surface area contributed by atoms with Gasteiger partial charge in [-0.15, -0.1) is 0 Å². The van der Waals surface area contributed by atoms with Crippen molar-refractivity contribution in [1.82, 2.24) is 4.98 Å². The molecule has 1 aromatic heterocycles. The Balaban J connectivity index is 2.31. The van der Waals surface area contributed by atoms with E-state index in [0.29, 0.717) is 6.42 Å². The van der Waals surface area contributed by atoms with Gasteiger partial charge >= 0.3 is 0 Å². The zero-order valence-electron chi connectivity index (χ0n) is 9.74. The number of hydrogen-bond acceptors (Lipinski definition) is 2. The summed E-state index contributed by atoms with van der Waals surface area (Å²) in [5.74, 6) is 0. The number of unbranched alkanes of at least 4 members (excludes halogenated alkanes) is 2. The summed E-state index contributed by atoms with van der Waals surface area (Å²) in [4.78, 5) is 4.29. The summed E-state index contributed by atoms with van der Waals surface area (Å²) in [7, 11) is 0. The standard InChI is InChI=1S/C13H21NO/c1-3-4-5-6-13(15)9-12-8-7-11(2)10-14-12/h7-8,10,13,15H,3-6,9H2,1-2H3. The molecule has 1 rings (SSSR count). The molecule has 1 atom stereocenters. The Labute approximate surface area is 92.4 Å². The molecule has 0 bridgehead atoms. The third-order valence-electron chi connectivity index (χ3n) is 2.56. The van der Waals surface area contributed by atoms with Gasteiger partial charge in [-0.05, 0) is 25.0 Å². The van der Waals surface area contributed by atoms with Crippen LogP contribution in [0.1, 0.15) is 43.9 Å². The lowest BCUT2D eigenvalue weighted by Gasteiger charge is -2.09. The highest BCUT2D eigenvalue weighted by Gasteiger charge is 2.05. The number of aryl methyl sites for hydroxylation is 1. The smallest absolute Gasteiger partial charge is 0.0595 e. The summed E-state index contributed by atoms with van der Waals surface area (Å²) in [5.41, 5.74) is 2.16. The van der Waals surface area contributed by atoms with Crippen molar-refractivity contribution in [3.8, 4) is 0 Å². The first-order valence-electron chi connectivity index (χ1n) is 5.82. The maximum atomic E-state index is 9.76. The number of pyridine rings is 1. The first-order chi connectivity index (χ1) is 7.22. The van der Waals surface area contributed by atoms with Gasteiger partial charge in [-0.2, -0.15) is 0 Å². The predicted octanol–water partition coefficient (Wildman–Crippen LogP) is 2.87. The minimum Gasteiger partial charge on any atom is -0.393 e. The van der Waals surface area contributed by atoms with Crippen molar-refractivity contribution in [3.63, 3.8) is 0 Å². The molecule has 1 unspecified atom stereocenters. The molecule has 0 fully saturated rings. The first kappa shape index (κ1) is 12.2. The molecule has 1 N–H and O–H groups in total. The highest BCUT2D eigenvalue weighted by molar-refractivity contribution is 5.12. The number of nitrogens with zero attached hydrogens (tertiary/aromatic N) is 1. The van der Waals surface area contributed by atoms with Crippen LogP contribution in [0, 0.1) is 6.92 Å². The molecule has 0 aliphatic rings. The minimum absolute atomic E-state index is 0.230. The average Bonchev–Trinajstić information content (AvgIpc) is 2.22. The number of aliphatic hydroxyl groups excluding tert-OH is 1. The van der Waals surface area contributed by atoms with E-state index >= 15 is 0 Å². The molecule has 0 saturated heterocycles. The van der Waals surface area contributed by atoms with Gasteiger partial charge in [0.05, 0.1) is 6.10 Å². The van der Waals surface area contributed by atoms with E-state index in [0.717, 1.165) is 18.5 Å². The van der Waals surface area contributed by atoms with Crippen LogP contribution >= 0.6 is 0 Å². The fourth-order valence-corrected chi connectivity index (χ4v) is 1.59. The monoisotopic (exact) mass is 207 g/mol. The molecule has 84 valence electrons. The third-order valence-corrected chi connectivity index (χ3v) is 2.56. The quantitative estimate of drug-likeness (QED) is 0.728. The van der Waals surface area contributed by atoms with Crippen LogP contribution in [0.3, 0.4) is 0 Å². The fourth-order valence-electron chi connectivity index (χ4n) is 1.59. The van der Waals surface area contributed by atoms with Crippen LogP contribution in [-0.4, -0.2) is 16.2 Å². The van der Waals surface area contributed by atoms with Gasteiger partial charge in [0.25, 0.3) is 0 Å². The van der Waals surface area contributed by atoms with Crippen LogP contribution in [0.15, 0.2) is 18.3 Å². The number of hydrogen-bond donors (Lipinski definition) is 1. The number of aliphatic hydroxyl groups is 1. The van der Waals surface area contributed by atoms with Crippen molar-refractivity contribution >= 4 is 0 Å². The molecule has 0 radical (unpaired) electrons. The molecular formula is C13H21NO. The van der Waals surface area contributed by atoms with Crippen molar-refractivity contribution < 1.29 is 5.11 Å². The fraction of sp³-hybridized carbons (Fsp3) is 0.615. The van der Waals surface area contributed by atoms with E-state index < -0.39 is 0 Å². The van der Waals surface area contributed by atoms with E-state index in [2.05, 4.69) is 11.9 Å². The molecule has 0 aliphatic heterocycles. The van der Waals surface area contributed by atoms with Gasteiger partial charge in [0, 0.05) is 18.3 Å². The highest BCUT2D eigenvalue weighted by atomic mass is 16.3. The van der Waals surface area contributed by atoms with Gasteiger partial charge in [-0.25, -0.2) is 0 Å². The Hall–Kier alpha value is -0.890. The molecule has 1 aromatic rings. The Bertz CT molecular complexity index is 268. The van der Waals surface area contributed by atoms with Crippen LogP contribution in [0.2, 0.25) is 0 Å². The van der Waals surface area contributed by atoms with Gasteiger partial charge in [-0.1, -0.05) is 32.3 Å². The second kappa shape index (κ2) is 6.57. The van der Waals surface area contributed by atoms with Crippen LogP contribution in [0.4, 0.5) is 0 Å². The second-order valence-corrected chi connectivity index (χ2v) is 4.18. The van der Waals surface area contributed by atoms with Crippen molar-refractivity contribution in [2.75, 3.05) is 0 Å². The Kier molecular flexibility index (Phi) is 5.33. The number of rotatable bonds is 6. The zero-order chi connectivity index (χ0) is 11.1. The predicted molar refractivity (Wildman–Crippen MR) is 62.8 cm³/mol. The Morgan fingerprint density at radius 1 is 1.33 bits per heavy atom.